The molecule has 0 aromatic heterocycles. The molecule has 0 radical (unpaired) electrons. The van der Waals surface area contributed by atoms with E-state index in [4.69, 9.17) is 4.74 Å². The molecular weight excluding hydrogens is 368 g/mol. The van der Waals surface area contributed by atoms with E-state index in [-0.39, 0.29) is 29.2 Å². The quantitative estimate of drug-likeness (QED) is 0.428. The van der Waals surface area contributed by atoms with Crippen LogP contribution < -0.4 is 4.74 Å². The molecule has 0 spiro atoms. The van der Waals surface area contributed by atoms with Crippen molar-refractivity contribution in [1.29, 1.82) is 0 Å². The van der Waals surface area contributed by atoms with Crippen molar-refractivity contribution in [2.45, 2.75) is 18.6 Å². The molecule has 0 fully saturated rings. The maximum atomic E-state index is 12.4. The van der Waals surface area contributed by atoms with Gasteiger partial charge in [-0.15, -0.1) is 0 Å². The first kappa shape index (κ1) is 18.0. The number of ether oxygens (including phenoxy) is 1. The molecule has 28 heavy (non-hydrogen) atoms. The van der Waals surface area contributed by atoms with Crippen molar-refractivity contribution in [2.75, 3.05) is 0 Å². The first-order chi connectivity index (χ1) is 13.3. The number of aromatic hydroxyl groups is 2. The summed E-state index contributed by atoms with van der Waals surface area (Å²) >= 11 is 0. The minimum absolute atomic E-state index is 0.0239. The zero-order valence-corrected chi connectivity index (χ0v) is 14.5. The molecule has 146 valence electrons. The number of benzene rings is 1. The third kappa shape index (κ3) is 2.69. The Morgan fingerprint density at radius 2 is 1.79 bits per heavy atom. The second-order valence-electron chi connectivity index (χ2n) is 6.98. The van der Waals surface area contributed by atoms with Gasteiger partial charge in [0.15, 0.2) is 17.3 Å². The molecule has 1 aromatic rings. The highest BCUT2D eigenvalue weighted by atomic mass is 16.5. The largest absolute Gasteiger partial charge is 0.508 e. The van der Waals surface area contributed by atoms with E-state index in [1.165, 1.54) is 24.3 Å². The van der Waals surface area contributed by atoms with Gasteiger partial charge in [-0.1, -0.05) is 12.2 Å². The van der Waals surface area contributed by atoms with Crippen LogP contribution in [0, 0.1) is 11.8 Å². The van der Waals surface area contributed by atoms with Gasteiger partial charge in [0.05, 0.1) is 11.7 Å². The van der Waals surface area contributed by atoms with Crippen molar-refractivity contribution in [3.05, 3.63) is 64.9 Å². The van der Waals surface area contributed by atoms with E-state index < -0.39 is 47.1 Å². The van der Waals surface area contributed by atoms with Gasteiger partial charge in [0.1, 0.15) is 23.4 Å². The van der Waals surface area contributed by atoms with E-state index in [2.05, 4.69) is 0 Å². The number of carbonyl (C=O) groups excluding carboxylic acids is 1. The van der Waals surface area contributed by atoms with Gasteiger partial charge in [0.25, 0.3) is 0 Å². The predicted molar refractivity (Wildman–Crippen MR) is 96.1 cm³/mol. The van der Waals surface area contributed by atoms with Crippen LogP contribution in [0.15, 0.2) is 59.3 Å². The number of hydrogen-bond donors (Lipinski definition) is 6. The van der Waals surface area contributed by atoms with E-state index in [1.807, 2.05) is 0 Å². The summed E-state index contributed by atoms with van der Waals surface area (Å²) in [6.07, 6.45) is 3.44. The second kappa shape index (κ2) is 6.35. The van der Waals surface area contributed by atoms with Crippen LogP contribution in [0.3, 0.4) is 0 Å². The van der Waals surface area contributed by atoms with Crippen LogP contribution in [0.25, 0.3) is 0 Å². The normalized spacial score (nSPS) is 29.2. The molecule has 0 saturated carbocycles. The Balaban J connectivity index is 1.79. The summed E-state index contributed by atoms with van der Waals surface area (Å²) in [6.45, 7) is 0. The van der Waals surface area contributed by atoms with Gasteiger partial charge in [0, 0.05) is 36.0 Å². The van der Waals surface area contributed by atoms with Crippen LogP contribution in [0.4, 0.5) is 0 Å². The number of phenols is 2. The Labute approximate surface area is 159 Å². The molecule has 0 bridgehead atoms. The van der Waals surface area contributed by atoms with Crippen LogP contribution in [0.5, 0.6) is 17.2 Å². The summed E-state index contributed by atoms with van der Waals surface area (Å²) in [5, 5.41) is 60.5. The summed E-state index contributed by atoms with van der Waals surface area (Å²) in [4.78, 5) is 12.4. The van der Waals surface area contributed by atoms with Gasteiger partial charge < -0.3 is 35.4 Å². The Morgan fingerprint density at radius 1 is 1.04 bits per heavy atom. The van der Waals surface area contributed by atoms with Crippen molar-refractivity contribution < 1.29 is 40.2 Å². The highest BCUT2D eigenvalue weighted by molar-refractivity contribution is 6.09. The molecule has 8 nitrogen and oxygen atoms in total. The van der Waals surface area contributed by atoms with E-state index >= 15 is 0 Å². The average molecular weight is 386 g/mol. The number of carbonyl (C=O) groups is 1. The molecule has 6 N–H and O–H groups in total. The second-order valence-corrected chi connectivity index (χ2v) is 6.98. The monoisotopic (exact) mass is 386 g/mol. The van der Waals surface area contributed by atoms with E-state index in [0.29, 0.717) is 5.56 Å². The fourth-order valence-electron chi connectivity index (χ4n) is 3.93. The maximum absolute atomic E-state index is 12.4. The van der Waals surface area contributed by atoms with E-state index in [1.54, 1.807) is 6.08 Å². The number of hydrogen-bond acceptors (Lipinski definition) is 8. The zero-order chi connectivity index (χ0) is 20.2. The molecule has 0 amide bonds. The van der Waals surface area contributed by atoms with Crippen LogP contribution >= 0.6 is 0 Å². The van der Waals surface area contributed by atoms with E-state index in [0.717, 1.165) is 6.07 Å². The number of fused-ring (bicyclic) bond motifs is 2. The summed E-state index contributed by atoms with van der Waals surface area (Å²) in [6, 6.07) is 2.44. The van der Waals surface area contributed by atoms with Crippen LogP contribution in [-0.2, 0) is 11.2 Å². The van der Waals surface area contributed by atoms with Crippen molar-refractivity contribution in [3.8, 4) is 17.2 Å². The van der Waals surface area contributed by atoms with Gasteiger partial charge in [-0.3, -0.25) is 4.79 Å². The van der Waals surface area contributed by atoms with Crippen molar-refractivity contribution in [2.24, 2.45) is 11.8 Å². The lowest BCUT2D eigenvalue weighted by Crippen LogP contribution is -2.47. The van der Waals surface area contributed by atoms with Gasteiger partial charge >= 0.3 is 0 Å². The molecule has 1 aromatic carbocycles. The fraction of sp³-hybridized carbons (Fsp3) is 0.250. The van der Waals surface area contributed by atoms with Crippen LogP contribution in [-0.4, -0.2) is 48.6 Å². The van der Waals surface area contributed by atoms with Gasteiger partial charge in [-0.05, 0) is 12.2 Å². The number of aliphatic hydroxyl groups excluding tert-OH is 4. The fourth-order valence-corrected chi connectivity index (χ4v) is 3.93. The Morgan fingerprint density at radius 3 is 2.54 bits per heavy atom. The first-order valence-electron chi connectivity index (χ1n) is 8.64. The molecule has 1 aliphatic heterocycles. The lowest BCUT2D eigenvalue weighted by molar-refractivity contribution is -0.116. The summed E-state index contributed by atoms with van der Waals surface area (Å²) < 4.78 is 5.83. The summed E-state index contributed by atoms with van der Waals surface area (Å²) in [5.41, 5.74) is 0.129. The summed E-state index contributed by atoms with van der Waals surface area (Å²) in [5.74, 6) is -4.43. The minimum Gasteiger partial charge on any atom is -0.508 e. The van der Waals surface area contributed by atoms with Gasteiger partial charge in [0.2, 0.25) is 5.78 Å². The topological polar surface area (TPSA) is 148 Å². The van der Waals surface area contributed by atoms with Crippen molar-refractivity contribution in [1.82, 2.24) is 0 Å². The molecule has 1 heterocycles. The molecular formula is C20H18O8. The number of allylic oxidation sites excluding steroid dienone is 4. The zero-order valence-electron chi connectivity index (χ0n) is 14.5. The van der Waals surface area contributed by atoms with Crippen LogP contribution in [0.1, 0.15) is 5.56 Å². The molecule has 8 heteroatoms. The molecule has 3 aliphatic rings. The Bertz CT molecular complexity index is 984. The lowest BCUT2D eigenvalue weighted by atomic mass is 9.73. The minimum atomic E-state index is -1.10. The molecule has 2 unspecified atom stereocenters. The summed E-state index contributed by atoms with van der Waals surface area (Å²) in [7, 11) is 0. The number of Topliss-reactive ketones (excluding diaryl/α,β-unsaturated/α-hetero) is 1. The molecule has 0 saturated heterocycles. The average Bonchev–Trinajstić information content (AvgIpc) is 2.78. The lowest BCUT2D eigenvalue weighted by Gasteiger charge is -2.39. The van der Waals surface area contributed by atoms with Gasteiger partial charge in [-0.2, -0.15) is 0 Å². The SMILES string of the molecule is O=C1C(O)=CC([C@H]2Oc3cc(O)cc(O)c3C[C@H]2O)C2C=CC=C(O)C(O)=C12. The molecule has 2 aliphatic carbocycles. The smallest absolute Gasteiger partial charge is 0.227 e. The standard InChI is InChI=1S/C20H18O8/c21-8-4-13(23)11-7-15(25)20(28-16(11)5-8)10-6-14(24)19(27)17-9(10)2-1-3-12(22)18(17)26/h1-6,9-10,15,20-26H,7H2/t9?,10?,15-,20-/m1/s1. The third-order valence-corrected chi connectivity index (χ3v) is 5.25. The molecule has 4 atom stereocenters. The van der Waals surface area contributed by atoms with Gasteiger partial charge in [-0.25, -0.2) is 0 Å². The number of aliphatic hydroxyl groups is 4. The highest BCUT2D eigenvalue weighted by Gasteiger charge is 2.45. The number of rotatable bonds is 1. The Kier molecular flexibility index (Phi) is 4.08. The van der Waals surface area contributed by atoms with Crippen molar-refractivity contribution in [3.63, 3.8) is 0 Å². The third-order valence-electron chi connectivity index (χ3n) is 5.25. The van der Waals surface area contributed by atoms with Crippen LogP contribution in [0.2, 0.25) is 0 Å². The first-order valence-corrected chi connectivity index (χ1v) is 8.64. The van der Waals surface area contributed by atoms with E-state index in [9.17, 15) is 35.4 Å². The predicted octanol–water partition coefficient (Wildman–Crippen LogP) is 1.84. The highest BCUT2D eigenvalue weighted by Crippen LogP contribution is 2.44. The number of phenolic OH excluding ortho intramolecular Hbond substituents is 2. The maximum Gasteiger partial charge on any atom is 0.227 e. The molecule has 4 rings (SSSR count). The number of ketones is 1. The Hall–Kier alpha value is -3.39. The van der Waals surface area contributed by atoms with Crippen molar-refractivity contribution >= 4 is 5.78 Å².